The fourth-order valence-corrected chi connectivity index (χ4v) is 3.05. The molecule has 1 aromatic heterocycles. The summed E-state index contributed by atoms with van der Waals surface area (Å²) in [6, 6.07) is 19.3. The van der Waals surface area contributed by atoms with E-state index < -0.39 is 29.3 Å². The minimum atomic E-state index is -4.78. The maximum atomic E-state index is 15.0. The number of ether oxygens (including phenoxy) is 1. The molecule has 0 saturated carbocycles. The lowest BCUT2D eigenvalue weighted by atomic mass is 10.2. The summed E-state index contributed by atoms with van der Waals surface area (Å²) in [6.45, 7) is 3.73. The lowest BCUT2D eigenvalue weighted by Crippen LogP contribution is -2.18. The lowest BCUT2D eigenvalue weighted by molar-refractivity contribution is -0.141. The second-order valence-electron chi connectivity index (χ2n) is 6.98. The number of carbonyl (C=O) groups excluding carboxylic acids is 1. The largest absolute Gasteiger partial charge is 0.454 e. The van der Waals surface area contributed by atoms with Crippen molar-refractivity contribution in [3.8, 4) is 17.2 Å². The van der Waals surface area contributed by atoms with Gasteiger partial charge in [0.2, 0.25) is 0 Å². The predicted octanol–water partition coefficient (Wildman–Crippen LogP) is 6.26. The number of carbonyl (C=O) groups is 1. The van der Waals surface area contributed by atoms with E-state index in [4.69, 9.17) is 4.74 Å². The van der Waals surface area contributed by atoms with Crippen molar-refractivity contribution in [3.63, 3.8) is 0 Å². The Balaban J connectivity index is 1.68. The number of nitrogens with zero attached hydrogens (tertiary/aromatic N) is 2. The highest BCUT2D eigenvalue weighted by molar-refractivity contribution is 6.03. The van der Waals surface area contributed by atoms with Crippen LogP contribution in [0.25, 0.3) is 5.69 Å². The predicted molar refractivity (Wildman–Crippen MR) is 114 cm³/mol. The summed E-state index contributed by atoms with van der Waals surface area (Å²) in [7, 11) is 0. The number of amides is 1. The Bertz CT molecular complexity index is 1300. The van der Waals surface area contributed by atoms with Gasteiger partial charge in [0.25, 0.3) is 5.91 Å². The number of halogens is 4. The van der Waals surface area contributed by atoms with Crippen LogP contribution in [0.4, 0.5) is 23.2 Å². The van der Waals surface area contributed by atoms with Gasteiger partial charge in [-0.15, -0.1) is 0 Å². The number of hydrogen-bond donors (Lipinski definition) is 1. The summed E-state index contributed by atoms with van der Waals surface area (Å²) in [5.41, 5.74) is -1.24. The van der Waals surface area contributed by atoms with Crippen LogP contribution in [-0.2, 0) is 6.18 Å². The maximum absolute atomic E-state index is 15.0. The molecule has 1 radical (unpaired) electrons. The van der Waals surface area contributed by atoms with Crippen LogP contribution in [0.3, 0.4) is 0 Å². The first-order chi connectivity index (χ1) is 15.7. The van der Waals surface area contributed by atoms with Crippen molar-refractivity contribution in [2.45, 2.75) is 6.18 Å². The van der Waals surface area contributed by atoms with E-state index in [1.165, 1.54) is 30.3 Å². The lowest BCUT2D eigenvalue weighted by Gasteiger charge is -2.12. The van der Waals surface area contributed by atoms with Gasteiger partial charge in [-0.3, -0.25) is 4.79 Å². The monoisotopic (exact) mass is 454 g/mol. The number of benzene rings is 3. The fraction of sp³-hybridized carbons (Fsp3) is 0.0417. The molecule has 5 nitrogen and oxygen atoms in total. The minimum Gasteiger partial charge on any atom is -0.454 e. The van der Waals surface area contributed by atoms with Gasteiger partial charge in [0.1, 0.15) is 11.4 Å². The number of hydrogen-bond acceptors (Lipinski definition) is 3. The molecule has 0 saturated heterocycles. The molecule has 4 rings (SSSR count). The third-order valence-corrected chi connectivity index (χ3v) is 4.57. The Hall–Kier alpha value is -4.14. The van der Waals surface area contributed by atoms with E-state index in [-0.39, 0.29) is 17.1 Å². The molecular weight excluding hydrogens is 438 g/mol. The fourth-order valence-electron chi connectivity index (χ4n) is 3.05. The Labute approximate surface area is 186 Å². The van der Waals surface area contributed by atoms with Crippen LogP contribution in [0.15, 0.2) is 78.9 Å². The molecule has 0 aliphatic heterocycles. The van der Waals surface area contributed by atoms with Gasteiger partial charge >= 0.3 is 6.18 Å². The number of nitrogens with one attached hydrogen (secondary N) is 1. The molecule has 0 aliphatic rings. The van der Waals surface area contributed by atoms with Crippen LogP contribution in [0.5, 0.6) is 11.5 Å². The first-order valence-electron chi connectivity index (χ1n) is 9.65. The highest BCUT2D eigenvalue weighted by atomic mass is 19.4. The summed E-state index contributed by atoms with van der Waals surface area (Å²) < 4.78 is 61.2. The topological polar surface area (TPSA) is 56.2 Å². The highest BCUT2D eigenvalue weighted by Gasteiger charge is 2.36. The molecule has 0 spiro atoms. The van der Waals surface area contributed by atoms with Crippen molar-refractivity contribution < 1.29 is 27.1 Å². The molecule has 4 aromatic rings. The van der Waals surface area contributed by atoms with Gasteiger partial charge in [-0.1, -0.05) is 36.4 Å². The van der Waals surface area contributed by atoms with Gasteiger partial charge in [0.15, 0.2) is 17.3 Å². The van der Waals surface area contributed by atoms with E-state index in [1.807, 2.05) is 0 Å². The molecular formula is C24H16F4N3O2. The van der Waals surface area contributed by atoms with Gasteiger partial charge in [-0.25, -0.2) is 9.07 Å². The number of rotatable bonds is 5. The third-order valence-electron chi connectivity index (χ3n) is 4.57. The van der Waals surface area contributed by atoms with E-state index in [1.54, 1.807) is 42.5 Å². The van der Waals surface area contributed by atoms with Gasteiger partial charge in [0, 0.05) is 6.07 Å². The van der Waals surface area contributed by atoms with Crippen LogP contribution < -0.4 is 10.1 Å². The van der Waals surface area contributed by atoms with Crippen molar-refractivity contribution in [1.29, 1.82) is 0 Å². The summed E-state index contributed by atoms with van der Waals surface area (Å²) in [5.74, 6) is -1.64. The SMILES string of the molecule is [CH2]c1cccc(-n2nc(C(F)(F)F)cc2C(=O)Nc2cccc(Oc3ccccc3)c2F)c1. The van der Waals surface area contributed by atoms with Gasteiger partial charge in [-0.2, -0.15) is 18.3 Å². The Morgan fingerprint density at radius 1 is 0.970 bits per heavy atom. The average Bonchev–Trinajstić information content (AvgIpc) is 3.24. The van der Waals surface area contributed by atoms with Crippen LogP contribution in [0, 0.1) is 12.7 Å². The molecule has 1 amide bonds. The van der Waals surface area contributed by atoms with Crippen molar-refractivity contribution in [2.24, 2.45) is 0 Å². The van der Waals surface area contributed by atoms with Crippen molar-refractivity contribution in [3.05, 3.63) is 109 Å². The standard InChI is InChI=1S/C24H16F4N3O2/c1-15-7-5-8-16(13-15)31-19(14-21(30-31)24(26,27)28)23(32)29-18-11-6-12-20(22(18)25)33-17-9-3-2-4-10-17/h2-14H,1H2,(H,29,32). The van der Waals surface area contributed by atoms with Gasteiger partial charge in [0.05, 0.1) is 11.4 Å². The molecule has 0 fully saturated rings. The smallest absolute Gasteiger partial charge is 0.435 e. The van der Waals surface area contributed by atoms with Crippen molar-refractivity contribution in [2.75, 3.05) is 5.32 Å². The minimum absolute atomic E-state index is 0.159. The Morgan fingerprint density at radius 3 is 2.39 bits per heavy atom. The Kier molecular flexibility index (Phi) is 5.87. The number of alkyl halides is 3. The summed E-state index contributed by atoms with van der Waals surface area (Å²) in [4.78, 5) is 12.9. The van der Waals surface area contributed by atoms with Crippen molar-refractivity contribution in [1.82, 2.24) is 9.78 Å². The second-order valence-corrected chi connectivity index (χ2v) is 6.98. The van der Waals surface area contributed by atoms with Crippen LogP contribution in [-0.4, -0.2) is 15.7 Å². The van der Waals surface area contributed by atoms with Crippen LogP contribution >= 0.6 is 0 Å². The molecule has 0 bridgehead atoms. The summed E-state index contributed by atoms with van der Waals surface area (Å²) in [6.07, 6.45) is -4.78. The molecule has 1 N–H and O–H groups in total. The molecule has 1 heterocycles. The molecule has 9 heteroatoms. The van der Waals surface area contributed by atoms with Crippen molar-refractivity contribution >= 4 is 11.6 Å². The van der Waals surface area contributed by atoms with E-state index in [0.29, 0.717) is 17.4 Å². The maximum Gasteiger partial charge on any atom is 0.435 e. The normalized spacial score (nSPS) is 11.3. The number of anilines is 1. The van der Waals surface area contributed by atoms with E-state index >= 15 is 0 Å². The summed E-state index contributed by atoms with van der Waals surface area (Å²) >= 11 is 0. The average molecular weight is 454 g/mol. The molecule has 0 unspecified atom stereocenters. The zero-order valence-electron chi connectivity index (χ0n) is 16.9. The first kappa shape index (κ1) is 22.1. The van der Waals surface area contributed by atoms with Gasteiger partial charge in [-0.05, 0) is 48.9 Å². The molecule has 167 valence electrons. The van der Waals surface area contributed by atoms with Crippen LogP contribution in [0.1, 0.15) is 21.7 Å². The van der Waals surface area contributed by atoms with E-state index in [0.717, 1.165) is 4.68 Å². The third kappa shape index (κ3) is 4.87. The molecule has 0 atom stereocenters. The van der Waals surface area contributed by atoms with E-state index in [2.05, 4.69) is 17.3 Å². The zero-order chi connectivity index (χ0) is 23.6. The second kappa shape index (κ2) is 8.78. The summed E-state index contributed by atoms with van der Waals surface area (Å²) in [5, 5.41) is 5.84. The van der Waals surface area contributed by atoms with E-state index in [9.17, 15) is 22.4 Å². The number of para-hydroxylation sites is 1. The Morgan fingerprint density at radius 2 is 1.70 bits per heavy atom. The molecule has 33 heavy (non-hydrogen) atoms. The highest BCUT2D eigenvalue weighted by Crippen LogP contribution is 2.31. The van der Waals surface area contributed by atoms with Gasteiger partial charge < -0.3 is 10.1 Å². The number of aromatic nitrogens is 2. The quantitative estimate of drug-likeness (QED) is 0.362. The zero-order valence-corrected chi connectivity index (χ0v) is 16.9. The first-order valence-corrected chi connectivity index (χ1v) is 9.65. The molecule has 3 aromatic carbocycles. The molecule has 0 aliphatic carbocycles. The van der Waals surface area contributed by atoms with Crippen LogP contribution in [0.2, 0.25) is 0 Å².